The van der Waals surface area contributed by atoms with Crippen LogP contribution in [0.1, 0.15) is 38.9 Å². The first kappa shape index (κ1) is 14.6. The van der Waals surface area contributed by atoms with Gasteiger partial charge in [0.05, 0.1) is 0 Å². The highest BCUT2D eigenvalue weighted by Crippen LogP contribution is 2.21. The van der Waals surface area contributed by atoms with Gasteiger partial charge in [-0.15, -0.1) is 0 Å². The molecule has 1 aromatic heterocycles. The van der Waals surface area contributed by atoms with Gasteiger partial charge in [-0.3, -0.25) is 9.59 Å². The molecule has 0 spiro atoms. The van der Waals surface area contributed by atoms with Crippen molar-refractivity contribution in [2.45, 2.75) is 46.1 Å². The van der Waals surface area contributed by atoms with Crippen LogP contribution in [0.5, 0.6) is 0 Å². The van der Waals surface area contributed by atoms with E-state index in [9.17, 15) is 9.59 Å². The van der Waals surface area contributed by atoms with E-state index in [1.807, 2.05) is 13.8 Å². The van der Waals surface area contributed by atoms with Crippen molar-refractivity contribution >= 4 is 17.6 Å². The predicted octanol–water partition coefficient (Wildman–Crippen LogP) is 1.96. The van der Waals surface area contributed by atoms with E-state index in [1.54, 1.807) is 17.9 Å². The molecule has 0 aromatic carbocycles. The Bertz CT molecular complexity index is 496. The van der Waals surface area contributed by atoms with Crippen LogP contribution in [0.2, 0.25) is 0 Å². The van der Waals surface area contributed by atoms with E-state index in [0.717, 1.165) is 6.42 Å². The van der Waals surface area contributed by atoms with Crippen molar-refractivity contribution < 1.29 is 14.1 Å². The third kappa shape index (κ3) is 3.37. The second-order valence-corrected chi connectivity index (χ2v) is 5.66. The number of carbonyl (C=O) groups is 2. The van der Waals surface area contributed by atoms with E-state index in [-0.39, 0.29) is 11.8 Å². The number of aryl methyl sites for hydroxylation is 1. The fraction of sp³-hybridized carbons (Fsp3) is 0.643. The summed E-state index contributed by atoms with van der Waals surface area (Å²) in [5.74, 6) is 1.20. The van der Waals surface area contributed by atoms with Gasteiger partial charge in [0.25, 0.3) is 0 Å². The second-order valence-electron chi connectivity index (χ2n) is 5.66. The van der Waals surface area contributed by atoms with Gasteiger partial charge in [-0.05, 0) is 25.7 Å². The molecule has 1 aliphatic heterocycles. The summed E-state index contributed by atoms with van der Waals surface area (Å²) in [6, 6.07) is 1.27. The smallest absolute Gasteiger partial charge is 0.248 e. The molecule has 2 heterocycles. The molecule has 6 heteroatoms. The molecule has 1 aliphatic rings. The molecule has 1 aromatic rings. The number of likely N-dealkylation sites (tertiary alicyclic amines) is 1. The van der Waals surface area contributed by atoms with Crippen molar-refractivity contribution in [3.63, 3.8) is 0 Å². The van der Waals surface area contributed by atoms with Gasteiger partial charge in [0, 0.05) is 19.0 Å². The average Bonchev–Trinajstić information content (AvgIpc) is 2.97. The summed E-state index contributed by atoms with van der Waals surface area (Å²) >= 11 is 0. The van der Waals surface area contributed by atoms with E-state index in [1.165, 1.54) is 0 Å². The minimum absolute atomic E-state index is 0.0500. The summed E-state index contributed by atoms with van der Waals surface area (Å²) in [7, 11) is 0. The van der Waals surface area contributed by atoms with Gasteiger partial charge in [0.15, 0.2) is 5.82 Å². The summed E-state index contributed by atoms with van der Waals surface area (Å²) < 4.78 is 4.91. The zero-order valence-corrected chi connectivity index (χ0v) is 12.2. The largest absolute Gasteiger partial charge is 0.360 e. The summed E-state index contributed by atoms with van der Waals surface area (Å²) in [4.78, 5) is 26.1. The Hall–Kier alpha value is -1.85. The van der Waals surface area contributed by atoms with Crippen molar-refractivity contribution in [3.8, 4) is 0 Å². The molecule has 0 saturated carbocycles. The van der Waals surface area contributed by atoms with E-state index in [4.69, 9.17) is 4.52 Å². The van der Waals surface area contributed by atoms with Crippen molar-refractivity contribution in [2.24, 2.45) is 5.92 Å². The van der Waals surface area contributed by atoms with Crippen LogP contribution in [0.25, 0.3) is 0 Å². The molecule has 110 valence electrons. The minimum Gasteiger partial charge on any atom is -0.360 e. The standard InChI is InChI=1S/C14H21N3O3/c1-9(2)7-13(18)17-6-4-5-11(17)14(19)15-12-8-10(3)20-16-12/h8-9,11H,4-7H2,1-3H3,(H,15,16,19)/t11-/m0/s1. The van der Waals surface area contributed by atoms with E-state index < -0.39 is 6.04 Å². The van der Waals surface area contributed by atoms with Gasteiger partial charge in [-0.2, -0.15) is 0 Å². The molecule has 0 aliphatic carbocycles. The minimum atomic E-state index is -0.391. The van der Waals surface area contributed by atoms with Crippen LogP contribution in [-0.4, -0.2) is 34.5 Å². The zero-order chi connectivity index (χ0) is 14.7. The maximum Gasteiger partial charge on any atom is 0.248 e. The Balaban J connectivity index is 1.99. The van der Waals surface area contributed by atoms with Crippen LogP contribution < -0.4 is 5.32 Å². The molecule has 6 nitrogen and oxygen atoms in total. The average molecular weight is 279 g/mol. The fourth-order valence-electron chi connectivity index (χ4n) is 2.44. The van der Waals surface area contributed by atoms with Crippen LogP contribution in [0.15, 0.2) is 10.6 Å². The Morgan fingerprint density at radius 1 is 1.55 bits per heavy atom. The van der Waals surface area contributed by atoms with Gasteiger partial charge in [0.1, 0.15) is 11.8 Å². The summed E-state index contributed by atoms with van der Waals surface area (Å²) in [6.45, 7) is 6.42. The maximum absolute atomic E-state index is 12.2. The fourth-order valence-corrected chi connectivity index (χ4v) is 2.44. The lowest BCUT2D eigenvalue weighted by Gasteiger charge is -2.24. The summed E-state index contributed by atoms with van der Waals surface area (Å²) in [6.07, 6.45) is 2.04. The number of amides is 2. The van der Waals surface area contributed by atoms with Crippen LogP contribution in [0.4, 0.5) is 5.82 Å². The number of hydrogen-bond acceptors (Lipinski definition) is 4. The topological polar surface area (TPSA) is 75.4 Å². The van der Waals surface area contributed by atoms with Crippen LogP contribution in [-0.2, 0) is 9.59 Å². The summed E-state index contributed by atoms with van der Waals surface area (Å²) in [5, 5.41) is 6.44. The third-order valence-corrected chi connectivity index (χ3v) is 3.34. The molecular weight excluding hydrogens is 258 g/mol. The zero-order valence-electron chi connectivity index (χ0n) is 12.2. The lowest BCUT2D eigenvalue weighted by atomic mass is 10.1. The number of nitrogens with one attached hydrogen (secondary N) is 1. The predicted molar refractivity (Wildman–Crippen MR) is 74.1 cm³/mol. The number of hydrogen-bond donors (Lipinski definition) is 1. The van der Waals surface area contributed by atoms with E-state index >= 15 is 0 Å². The van der Waals surface area contributed by atoms with Gasteiger partial charge in [-0.25, -0.2) is 0 Å². The Morgan fingerprint density at radius 2 is 2.30 bits per heavy atom. The van der Waals surface area contributed by atoms with Crippen LogP contribution in [0, 0.1) is 12.8 Å². The Morgan fingerprint density at radius 3 is 2.90 bits per heavy atom. The van der Waals surface area contributed by atoms with E-state index in [0.29, 0.717) is 36.9 Å². The van der Waals surface area contributed by atoms with Gasteiger partial charge >= 0.3 is 0 Å². The highest BCUT2D eigenvalue weighted by Gasteiger charge is 2.34. The number of rotatable bonds is 4. The first-order chi connectivity index (χ1) is 9.47. The molecule has 20 heavy (non-hydrogen) atoms. The molecule has 0 radical (unpaired) electrons. The quantitative estimate of drug-likeness (QED) is 0.914. The molecule has 0 unspecified atom stereocenters. The maximum atomic E-state index is 12.2. The van der Waals surface area contributed by atoms with Crippen molar-refractivity contribution in [2.75, 3.05) is 11.9 Å². The molecule has 2 amide bonds. The molecule has 1 atom stereocenters. The lowest BCUT2D eigenvalue weighted by Crippen LogP contribution is -2.43. The van der Waals surface area contributed by atoms with Crippen LogP contribution >= 0.6 is 0 Å². The molecular formula is C14H21N3O3. The molecule has 1 fully saturated rings. The normalized spacial score (nSPS) is 18.6. The first-order valence-electron chi connectivity index (χ1n) is 7.01. The molecule has 2 rings (SSSR count). The van der Waals surface area contributed by atoms with Crippen molar-refractivity contribution in [1.82, 2.24) is 10.1 Å². The highest BCUT2D eigenvalue weighted by molar-refractivity contribution is 5.96. The second kappa shape index (κ2) is 6.07. The molecule has 1 saturated heterocycles. The summed E-state index contributed by atoms with van der Waals surface area (Å²) in [5.41, 5.74) is 0. The SMILES string of the molecule is Cc1cc(NC(=O)[C@@H]2CCCN2C(=O)CC(C)C)no1. The van der Waals surface area contributed by atoms with Gasteiger partial charge in [-0.1, -0.05) is 19.0 Å². The van der Waals surface area contributed by atoms with Crippen molar-refractivity contribution in [3.05, 3.63) is 11.8 Å². The highest BCUT2D eigenvalue weighted by atomic mass is 16.5. The lowest BCUT2D eigenvalue weighted by molar-refractivity contribution is -0.137. The molecule has 1 N–H and O–H groups in total. The van der Waals surface area contributed by atoms with Gasteiger partial charge in [0.2, 0.25) is 11.8 Å². The number of aromatic nitrogens is 1. The number of nitrogens with zero attached hydrogens (tertiary/aromatic N) is 2. The van der Waals surface area contributed by atoms with Crippen molar-refractivity contribution in [1.29, 1.82) is 0 Å². The first-order valence-corrected chi connectivity index (χ1v) is 7.01. The number of anilines is 1. The van der Waals surface area contributed by atoms with Gasteiger partial charge < -0.3 is 14.7 Å². The number of carbonyl (C=O) groups excluding carboxylic acids is 2. The molecule has 0 bridgehead atoms. The third-order valence-electron chi connectivity index (χ3n) is 3.34. The van der Waals surface area contributed by atoms with Crippen LogP contribution in [0.3, 0.4) is 0 Å². The van der Waals surface area contributed by atoms with E-state index in [2.05, 4.69) is 10.5 Å². The Kier molecular flexibility index (Phi) is 4.42. The monoisotopic (exact) mass is 279 g/mol. The Labute approximate surface area is 118 Å².